The van der Waals surface area contributed by atoms with Crippen molar-refractivity contribution in [3.8, 4) is 0 Å². The fourth-order valence-electron chi connectivity index (χ4n) is 2.15. The SMILES string of the molecule is Cc1nn(C)c(N(C)Cc2cc(Br)cs2)c1CN. The summed E-state index contributed by atoms with van der Waals surface area (Å²) in [6, 6.07) is 2.15. The zero-order valence-corrected chi connectivity index (χ0v) is 13.2. The molecule has 0 spiro atoms. The number of aryl methyl sites for hydroxylation is 2. The number of nitrogens with two attached hydrogens (primary N) is 1. The highest BCUT2D eigenvalue weighted by Gasteiger charge is 2.16. The summed E-state index contributed by atoms with van der Waals surface area (Å²) in [6.45, 7) is 3.39. The number of aromatic nitrogens is 2. The number of anilines is 1. The van der Waals surface area contributed by atoms with Gasteiger partial charge < -0.3 is 10.6 Å². The molecule has 0 aliphatic rings. The van der Waals surface area contributed by atoms with Crippen LogP contribution in [0.5, 0.6) is 0 Å². The number of rotatable bonds is 4. The predicted octanol–water partition coefficient (Wildman–Crippen LogP) is 2.65. The second-order valence-electron chi connectivity index (χ2n) is 4.30. The molecule has 18 heavy (non-hydrogen) atoms. The van der Waals surface area contributed by atoms with E-state index in [1.165, 1.54) is 4.88 Å². The van der Waals surface area contributed by atoms with Gasteiger partial charge in [-0.2, -0.15) is 5.10 Å². The smallest absolute Gasteiger partial charge is 0.131 e. The van der Waals surface area contributed by atoms with Gasteiger partial charge in [-0.05, 0) is 28.9 Å². The van der Waals surface area contributed by atoms with Crippen molar-refractivity contribution in [2.45, 2.75) is 20.0 Å². The first kappa shape index (κ1) is 13.6. The van der Waals surface area contributed by atoms with E-state index in [1.807, 2.05) is 18.7 Å². The molecule has 0 aliphatic heterocycles. The molecular weight excluding hydrogens is 312 g/mol. The van der Waals surface area contributed by atoms with Crippen LogP contribution in [0, 0.1) is 6.92 Å². The fraction of sp³-hybridized carbons (Fsp3) is 0.417. The van der Waals surface area contributed by atoms with Crippen LogP contribution in [-0.2, 0) is 20.1 Å². The lowest BCUT2D eigenvalue weighted by molar-refractivity contribution is 0.727. The van der Waals surface area contributed by atoms with E-state index in [1.54, 1.807) is 11.3 Å². The Labute approximate surface area is 120 Å². The quantitative estimate of drug-likeness (QED) is 0.938. The summed E-state index contributed by atoms with van der Waals surface area (Å²) in [4.78, 5) is 3.51. The maximum atomic E-state index is 5.82. The topological polar surface area (TPSA) is 47.1 Å². The van der Waals surface area contributed by atoms with Gasteiger partial charge in [0.25, 0.3) is 0 Å². The van der Waals surface area contributed by atoms with Gasteiger partial charge in [-0.1, -0.05) is 0 Å². The van der Waals surface area contributed by atoms with Crippen LogP contribution in [-0.4, -0.2) is 16.8 Å². The largest absolute Gasteiger partial charge is 0.354 e. The molecular formula is C12H17BrN4S. The highest BCUT2D eigenvalue weighted by molar-refractivity contribution is 9.10. The van der Waals surface area contributed by atoms with Crippen molar-refractivity contribution in [3.63, 3.8) is 0 Å². The molecule has 2 aromatic heterocycles. The van der Waals surface area contributed by atoms with Crippen molar-refractivity contribution in [2.75, 3.05) is 11.9 Å². The summed E-state index contributed by atoms with van der Waals surface area (Å²) >= 11 is 5.23. The molecule has 98 valence electrons. The van der Waals surface area contributed by atoms with E-state index in [4.69, 9.17) is 5.73 Å². The molecule has 0 bridgehead atoms. The minimum Gasteiger partial charge on any atom is -0.354 e. The first-order valence-corrected chi connectivity index (χ1v) is 7.36. The van der Waals surface area contributed by atoms with E-state index in [0.717, 1.165) is 28.1 Å². The summed E-state index contributed by atoms with van der Waals surface area (Å²) in [5.74, 6) is 1.10. The van der Waals surface area contributed by atoms with E-state index >= 15 is 0 Å². The maximum absolute atomic E-state index is 5.82. The Morgan fingerprint density at radius 1 is 1.56 bits per heavy atom. The minimum absolute atomic E-state index is 0.521. The molecule has 0 atom stereocenters. The van der Waals surface area contributed by atoms with Crippen molar-refractivity contribution < 1.29 is 0 Å². The number of halogens is 1. The van der Waals surface area contributed by atoms with Gasteiger partial charge in [0.2, 0.25) is 0 Å². The van der Waals surface area contributed by atoms with Gasteiger partial charge >= 0.3 is 0 Å². The molecule has 0 aromatic carbocycles. The lowest BCUT2D eigenvalue weighted by atomic mass is 10.2. The molecule has 6 heteroatoms. The molecule has 0 saturated heterocycles. The third-order valence-corrected chi connectivity index (χ3v) is 4.58. The Morgan fingerprint density at radius 3 is 2.83 bits per heavy atom. The van der Waals surface area contributed by atoms with E-state index in [-0.39, 0.29) is 0 Å². The van der Waals surface area contributed by atoms with Gasteiger partial charge in [0.05, 0.1) is 12.2 Å². The normalized spacial score (nSPS) is 10.9. The first-order valence-electron chi connectivity index (χ1n) is 5.69. The van der Waals surface area contributed by atoms with E-state index in [2.05, 4.69) is 44.4 Å². The van der Waals surface area contributed by atoms with Crippen molar-refractivity contribution >= 4 is 33.1 Å². The molecule has 4 nitrogen and oxygen atoms in total. The zero-order chi connectivity index (χ0) is 13.3. The van der Waals surface area contributed by atoms with Crippen LogP contribution in [0.1, 0.15) is 16.1 Å². The van der Waals surface area contributed by atoms with Crippen molar-refractivity contribution in [1.82, 2.24) is 9.78 Å². The fourth-order valence-corrected chi connectivity index (χ4v) is 3.66. The lowest BCUT2D eigenvalue weighted by Gasteiger charge is -2.20. The van der Waals surface area contributed by atoms with Crippen LogP contribution in [0.2, 0.25) is 0 Å². The number of thiophene rings is 1. The summed E-state index contributed by atoms with van der Waals surface area (Å²) in [7, 11) is 4.03. The van der Waals surface area contributed by atoms with Gasteiger partial charge in [-0.15, -0.1) is 11.3 Å². The molecule has 0 unspecified atom stereocenters. The summed E-state index contributed by atoms with van der Waals surface area (Å²) in [6.07, 6.45) is 0. The van der Waals surface area contributed by atoms with Gasteiger partial charge in [-0.25, -0.2) is 0 Å². The van der Waals surface area contributed by atoms with Crippen molar-refractivity contribution in [2.24, 2.45) is 12.8 Å². The monoisotopic (exact) mass is 328 g/mol. The third kappa shape index (κ3) is 2.60. The van der Waals surface area contributed by atoms with Crippen LogP contribution in [0.3, 0.4) is 0 Å². The Balaban J connectivity index is 2.25. The number of hydrogen-bond donors (Lipinski definition) is 1. The van der Waals surface area contributed by atoms with Crippen LogP contribution < -0.4 is 10.6 Å². The first-order chi connectivity index (χ1) is 8.52. The second kappa shape index (κ2) is 5.42. The third-order valence-electron chi connectivity index (χ3n) is 2.89. The predicted molar refractivity (Wildman–Crippen MR) is 80.0 cm³/mol. The molecule has 0 radical (unpaired) electrons. The van der Waals surface area contributed by atoms with Crippen LogP contribution >= 0.6 is 27.3 Å². The zero-order valence-electron chi connectivity index (χ0n) is 10.8. The van der Waals surface area contributed by atoms with Gasteiger partial charge in [0, 0.05) is 40.9 Å². The second-order valence-corrected chi connectivity index (χ2v) is 6.21. The van der Waals surface area contributed by atoms with E-state index in [9.17, 15) is 0 Å². The number of hydrogen-bond acceptors (Lipinski definition) is 4. The van der Waals surface area contributed by atoms with Crippen LogP contribution in [0.25, 0.3) is 0 Å². The molecule has 0 amide bonds. The van der Waals surface area contributed by atoms with Crippen molar-refractivity contribution in [3.05, 3.63) is 32.1 Å². The Hall–Kier alpha value is -0.850. The van der Waals surface area contributed by atoms with E-state index < -0.39 is 0 Å². The molecule has 2 aromatic rings. The molecule has 0 aliphatic carbocycles. The summed E-state index contributed by atoms with van der Waals surface area (Å²) in [5.41, 5.74) is 7.94. The average Bonchev–Trinajstić information content (AvgIpc) is 2.82. The molecule has 2 N–H and O–H groups in total. The highest BCUT2D eigenvalue weighted by atomic mass is 79.9. The average molecular weight is 329 g/mol. The van der Waals surface area contributed by atoms with Crippen LogP contribution in [0.4, 0.5) is 5.82 Å². The summed E-state index contributed by atoms with van der Waals surface area (Å²) < 4.78 is 3.04. The van der Waals surface area contributed by atoms with Gasteiger partial charge in [-0.3, -0.25) is 4.68 Å². The maximum Gasteiger partial charge on any atom is 0.131 e. The lowest BCUT2D eigenvalue weighted by Crippen LogP contribution is -2.20. The minimum atomic E-state index is 0.521. The molecule has 0 fully saturated rings. The highest BCUT2D eigenvalue weighted by Crippen LogP contribution is 2.26. The number of nitrogens with zero attached hydrogens (tertiary/aromatic N) is 3. The van der Waals surface area contributed by atoms with Crippen LogP contribution in [0.15, 0.2) is 15.9 Å². The molecule has 2 heterocycles. The van der Waals surface area contributed by atoms with Gasteiger partial charge in [0.1, 0.15) is 5.82 Å². The Bertz CT molecular complexity index is 546. The Morgan fingerprint density at radius 2 is 2.28 bits per heavy atom. The van der Waals surface area contributed by atoms with E-state index in [0.29, 0.717) is 6.54 Å². The van der Waals surface area contributed by atoms with Crippen molar-refractivity contribution in [1.29, 1.82) is 0 Å². The molecule has 0 saturated carbocycles. The Kier molecular flexibility index (Phi) is 4.09. The molecule has 2 rings (SSSR count). The van der Waals surface area contributed by atoms with Gasteiger partial charge in [0.15, 0.2) is 0 Å². The summed E-state index contributed by atoms with van der Waals surface area (Å²) in [5, 5.41) is 6.54. The standard InChI is InChI=1S/C12H17BrN4S/c1-8-11(5-14)12(17(3)15-8)16(2)6-10-4-9(13)7-18-10/h4,7H,5-6,14H2,1-3H3.